The standard InChI is InChI=1S/C18H24N2O2S2/c1-13-16(18(2,3)4)23-17(20(13)12-14-10-11-14)19-24(21,22)15-8-6-5-7-9-15/h5-9,14H,10-12H2,1-4H3/b19-17-. The molecule has 130 valence electrons. The van der Waals surface area contributed by atoms with Crippen molar-refractivity contribution in [3.05, 3.63) is 45.7 Å². The molecule has 0 saturated heterocycles. The summed E-state index contributed by atoms with van der Waals surface area (Å²) in [7, 11) is -3.69. The van der Waals surface area contributed by atoms with Crippen LogP contribution in [0.25, 0.3) is 0 Å². The maximum Gasteiger partial charge on any atom is 0.285 e. The second-order valence-electron chi connectivity index (χ2n) is 7.48. The van der Waals surface area contributed by atoms with Crippen LogP contribution in [-0.4, -0.2) is 13.0 Å². The van der Waals surface area contributed by atoms with Crippen molar-refractivity contribution in [2.75, 3.05) is 0 Å². The van der Waals surface area contributed by atoms with Gasteiger partial charge in [-0.2, -0.15) is 8.42 Å². The SMILES string of the molecule is Cc1c(C(C)(C)C)s/c(=N\S(=O)(=O)c2ccccc2)n1CC1CC1. The van der Waals surface area contributed by atoms with Crippen molar-refractivity contribution in [3.8, 4) is 0 Å². The Morgan fingerprint density at radius 1 is 1.21 bits per heavy atom. The van der Waals surface area contributed by atoms with Gasteiger partial charge in [-0.3, -0.25) is 0 Å². The van der Waals surface area contributed by atoms with E-state index >= 15 is 0 Å². The number of benzene rings is 1. The van der Waals surface area contributed by atoms with Crippen molar-refractivity contribution in [1.82, 2.24) is 4.57 Å². The first-order chi connectivity index (χ1) is 11.2. The van der Waals surface area contributed by atoms with Crippen LogP contribution in [0.1, 0.15) is 44.2 Å². The van der Waals surface area contributed by atoms with E-state index in [0.29, 0.717) is 10.7 Å². The predicted molar refractivity (Wildman–Crippen MR) is 97.7 cm³/mol. The van der Waals surface area contributed by atoms with E-state index in [9.17, 15) is 8.42 Å². The molecule has 3 rings (SSSR count). The molecule has 24 heavy (non-hydrogen) atoms. The van der Waals surface area contributed by atoms with Crippen LogP contribution in [0, 0.1) is 12.8 Å². The van der Waals surface area contributed by atoms with Crippen LogP contribution in [0.4, 0.5) is 0 Å². The molecule has 4 nitrogen and oxygen atoms in total. The van der Waals surface area contributed by atoms with Crippen molar-refractivity contribution >= 4 is 21.4 Å². The highest BCUT2D eigenvalue weighted by Gasteiger charge is 2.27. The lowest BCUT2D eigenvalue weighted by Crippen LogP contribution is -2.20. The molecule has 0 bridgehead atoms. The lowest BCUT2D eigenvalue weighted by molar-refractivity contribution is 0.562. The van der Waals surface area contributed by atoms with E-state index in [-0.39, 0.29) is 10.3 Å². The number of hydrogen-bond donors (Lipinski definition) is 0. The summed E-state index contributed by atoms with van der Waals surface area (Å²) < 4.78 is 31.6. The molecule has 1 aliphatic rings. The van der Waals surface area contributed by atoms with E-state index in [1.165, 1.54) is 29.1 Å². The number of thiazole rings is 1. The van der Waals surface area contributed by atoms with Crippen LogP contribution in [-0.2, 0) is 22.0 Å². The lowest BCUT2D eigenvalue weighted by Gasteiger charge is -2.17. The molecule has 1 fully saturated rings. The Labute approximate surface area is 147 Å². The minimum absolute atomic E-state index is 0.0235. The normalized spacial score (nSPS) is 16.6. The highest BCUT2D eigenvalue weighted by atomic mass is 32.2. The number of nitrogens with zero attached hydrogens (tertiary/aromatic N) is 2. The lowest BCUT2D eigenvalue weighted by atomic mass is 9.93. The van der Waals surface area contributed by atoms with Gasteiger partial charge in [-0.15, -0.1) is 15.7 Å². The van der Waals surface area contributed by atoms with Gasteiger partial charge < -0.3 is 4.57 Å². The van der Waals surface area contributed by atoms with E-state index in [1.807, 2.05) is 0 Å². The Balaban J connectivity index is 2.15. The van der Waals surface area contributed by atoms with Gasteiger partial charge in [0, 0.05) is 17.1 Å². The van der Waals surface area contributed by atoms with Crippen molar-refractivity contribution in [2.45, 2.75) is 57.4 Å². The maximum atomic E-state index is 12.7. The van der Waals surface area contributed by atoms with Crippen LogP contribution in [0.15, 0.2) is 39.6 Å². The van der Waals surface area contributed by atoms with Gasteiger partial charge in [0.1, 0.15) is 0 Å². The number of rotatable bonds is 4. The molecule has 6 heteroatoms. The van der Waals surface area contributed by atoms with Crippen molar-refractivity contribution in [2.24, 2.45) is 10.3 Å². The zero-order chi connectivity index (χ0) is 17.5. The topological polar surface area (TPSA) is 51.4 Å². The fraction of sp³-hybridized carbons (Fsp3) is 0.500. The monoisotopic (exact) mass is 364 g/mol. The fourth-order valence-electron chi connectivity index (χ4n) is 2.77. The number of sulfonamides is 1. The first kappa shape index (κ1) is 17.4. The molecule has 0 radical (unpaired) electrons. The Morgan fingerprint density at radius 2 is 1.83 bits per heavy atom. The Hall–Kier alpha value is -1.40. The summed E-state index contributed by atoms with van der Waals surface area (Å²) in [5.41, 5.74) is 1.12. The quantitative estimate of drug-likeness (QED) is 0.827. The molecular formula is C18H24N2O2S2. The summed E-state index contributed by atoms with van der Waals surface area (Å²) in [6.07, 6.45) is 2.44. The molecule has 0 spiro atoms. The van der Waals surface area contributed by atoms with Crippen LogP contribution in [0.5, 0.6) is 0 Å². The zero-order valence-corrected chi connectivity index (χ0v) is 16.2. The minimum atomic E-state index is -3.69. The predicted octanol–water partition coefficient (Wildman–Crippen LogP) is 3.86. The second-order valence-corrected chi connectivity index (χ2v) is 10.1. The van der Waals surface area contributed by atoms with E-state index < -0.39 is 10.0 Å². The average Bonchev–Trinajstić information content (AvgIpc) is 3.27. The fourth-order valence-corrected chi connectivity index (χ4v) is 5.19. The second kappa shape index (κ2) is 6.15. The highest BCUT2D eigenvalue weighted by Crippen LogP contribution is 2.33. The third-order valence-electron chi connectivity index (χ3n) is 4.22. The molecule has 1 aromatic carbocycles. The van der Waals surface area contributed by atoms with Crippen LogP contribution in [0.2, 0.25) is 0 Å². The number of hydrogen-bond acceptors (Lipinski definition) is 3. The highest BCUT2D eigenvalue weighted by molar-refractivity contribution is 7.90. The first-order valence-corrected chi connectivity index (χ1v) is 10.5. The van der Waals surface area contributed by atoms with Crippen molar-refractivity contribution in [3.63, 3.8) is 0 Å². The largest absolute Gasteiger partial charge is 0.320 e. The molecule has 0 amide bonds. The number of aromatic nitrogens is 1. The van der Waals surface area contributed by atoms with E-state index in [4.69, 9.17) is 0 Å². The Kier molecular flexibility index (Phi) is 4.47. The molecule has 0 unspecified atom stereocenters. The average molecular weight is 365 g/mol. The Bertz CT molecular complexity index is 897. The summed E-state index contributed by atoms with van der Waals surface area (Å²) in [5, 5.41) is 0. The molecule has 1 aromatic heterocycles. The zero-order valence-electron chi connectivity index (χ0n) is 14.6. The molecule has 0 N–H and O–H groups in total. The summed E-state index contributed by atoms with van der Waals surface area (Å²) in [4.78, 5) is 2.03. The van der Waals surface area contributed by atoms with Gasteiger partial charge in [-0.05, 0) is 43.2 Å². The van der Waals surface area contributed by atoms with Gasteiger partial charge in [0.15, 0.2) is 0 Å². The van der Waals surface area contributed by atoms with Crippen LogP contribution >= 0.6 is 11.3 Å². The summed E-state index contributed by atoms with van der Waals surface area (Å²) in [6.45, 7) is 9.41. The maximum absolute atomic E-state index is 12.7. The van der Waals surface area contributed by atoms with E-state index in [2.05, 4.69) is 36.7 Å². The molecule has 1 saturated carbocycles. The first-order valence-electron chi connectivity index (χ1n) is 8.25. The van der Waals surface area contributed by atoms with Crippen molar-refractivity contribution in [1.29, 1.82) is 0 Å². The van der Waals surface area contributed by atoms with E-state index in [0.717, 1.165) is 12.2 Å². The van der Waals surface area contributed by atoms with Gasteiger partial charge >= 0.3 is 0 Å². The molecule has 1 heterocycles. The minimum Gasteiger partial charge on any atom is -0.320 e. The molecule has 2 aromatic rings. The van der Waals surface area contributed by atoms with E-state index in [1.54, 1.807) is 30.3 Å². The molecule has 0 atom stereocenters. The van der Waals surface area contributed by atoms with Gasteiger partial charge in [-0.1, -0.05) is 39.0 Å². The molecule has 1 aliphatic carbocycles. The summed E-state index contributed by atoms with van der Waals surface area (Å²) in [5.74, 6) is 0.657. The van der Waals surface area contributed by atoms with Gasteiger partial charge in [0.25, 0.3) is 10.0 Å². The molecule has 0 aliphatic heterocycles. The summed E-state index contributed by atoms with van der Waals surface area (Å²) >= 11 is 1.50. The Morgan fingerprint density at radius 3 is 2.38 bits per heavy atom. The third-order valence-corrected chi connectivity index (χ3v) is 7.22. The smallest absolute Gasteiger partial charge is 0.285 e. The van der Waals surface area contributed by atoms with Crippen LogP contribution < -0.4 is 4.80 Å². The molecular weight excluding hydrogens is 340 g/mol. The van der Waals surface area contributed by atoms with Gasteiger partial charge in [-0.25, -0.2) is 0 Å². The third kappa shape index (κ3) is 3.64. The van der Waals surface area contributed by atoms with Crippen molar-refractivity contribution < 1.29 is 8.42 Å². The summed E-state index contributed by atoms with van der Waals surface area (Å²) in [6, 6.07) is 8.44. The van der Waals surface area contributed by atoms with Crippen LogP contribution in [0.3, 0.4) is 0 Å². The van der Waals surface area contributed by atoms with Gasteiger partial charge in [0.05, 0.1) is 4.90 Å². The van der Waals surface area contributed by atoms with Gasteiger partial charge in [0.2, 0.25) is 4.80 Å².